The number of nitrogens with zero attached hydrogens (tertiary/aromatic N) is 1. The maximum Gasteiger partial charge on any atom is 0.338 e. The number of carbonyl (C=O) groups excluding carboxylic acids is 1. The summed E-state index contributed by atoms with van der Waals surface area (Å²) in [5, 5.41) is 4.18. The number of methoxy groups -OCH3 is 1. The van der Waals surface area contributed by atoms with Crippen molar-refractivity contribution >= 4 is 28.6 Å². The molecule has 3 aromatic carbocycles. The summed E-state index contributed by atoms with van der Waals surface area (Å²) in [6, 6.07) is 26.4. The van der Waals surface area contributed by atoms with E-state index >= 15 is 0 Å². The normalized spacial score (nSPS) is 11.0. The van der Waals surface area contributed by atoms with Gasteiger partial charge in [0.05, 0.1) is 12.8 Å². The largest absolute Gasteiger partial charge is 0.497 e. The van der Waals surface area contributed by atoms with Crippen molar-refractivity contribution in [3.63, 3.8) is 0 Å². The van der Waals surface area contributed by atoms with Crippen LogP contribution in [-0.2, 0) is 11.3 Å². The quantitative estimate of drug-likeness (QED) is 0.193. The van der Waals surface area contributed by atoms with Crippen molar-refractivity contribution in [2.45, 2.75) is 13.0 Å². The molecule has 0 radical (unpaired) electrons. The number of anilines is 1. The number of hydrogen-bond donors (Lipinski definition) is 1. The predicted octanol–water partition coefficient (Wildman–Crippen LogP) is 5.35. The van der Waals surface area contributed by atoms with Crippen LogP contribution in [0.1, 0.15) is 17.5 Å². The maximum absolute atomic E-state index is 13.1. The van der Waals surface area contributed by atoms with Crippen LogP contribution in [0.3, 0.4) is 0 Å². The molecule has 178 valence electrons. The molecule has 1 amide bonds. The minimum atomic E-state index is -0.393. The van der Waals surface area contributed by atoms with E-state index in [4.69, 9.17) is 9.15 Å². The molecule has 0 aliphatic heterocycles. The number of nitrogens with one attached hydrogen (secondary N) is 1. The first-order chi connectivity index (χ1) is 17.1. The zero-order valence-electron chi connectivity index (χ0n) is 19.6. The second-order valence-corrected chi connectivity index (χ2v) is 8.11. The first-order valence-corrected chi connectivity index (χ1v) is 11.5. The summed E-state index contributed by atoms with van der Waals surface area (Å²) >= 11 is 0. The van der Waals surface area contributed by atoms with E-state index in [0.29, 0.717) is 31.6 Å². The topological polar surface area (TPSA) is 71.8 Å². The second kappa shape index (κ2) is 11.7. The van der Waals surface area contributed by atoms with Crippen molar-refractivity contribution < 1.29 is 13.9 Å². The summed E-state index contributed by atoms with van der Waals surface area (Å²) in [6.45, 7) is 1.69. The van der Waals surface area contributed by atoms with Gasteiger partial charge in [-0.1, -0.05) is 54.6 Å². The zero-order valence-corrected chi connectivity index (χ0v) is 19.6. The van der Waals surface area contributed by atoms with Gasteiger partial charge >= 0.3 is 5.63 Å². The van der Waals surface area contributed by atoms with Gasteiger partial charge in [0.15, 0.2) is 0 Å². The Morgan fingerprint density at radius 2 is 1.74 bits per heavy atom. The fourth-order valence-corrected chi connectivity index (χ4v) is 3.81. The lowest BCUT2D eigenvalue weighted by molar-refractivity contribution is -0.126. The lowest BCUT2D eigenvalue weighted by Crippen LogP contribution is -2.31. The summed E-state index contributed by atoms with van der Waals surface area (Å²) in [4.78, 5) is 26.8. The second-order valence-electron chi connectivity index (χ2n) is 8.11. The minimum Gasteiger partial charge on any atom is -0.497 e. The Morgan fingerprint density at radius 3 is 2.51 bits per heavy atom. The molecule has 0 bridgehead atoms. The molecule has 6 nitrogen and oxygen atoms in total. The Bertz CT molecular complexity index is 1340. The predicted molar refractivity (Wildman–Crippen MR) is 139 cm³/mol. The molecule has 1 aromatic heterocycles. The van der Waals surface area contributed by atoms with E-state index in [1.807, 2.05) is 83.8 Å². The van der Waals surface area contributed by atoms with Gasteiger partial charge in [-0.3, -0.25) is 4.79 Å². The third kappa shape index (κ3) is 6.60. The van der Waals surface area contributed by atoms with Crippen molar-refractivity contribution in [1.29, 1.82) is 0 Å². The molecule has 35 heavy (non-hydrogen) atoms. The third-order valence-corrected chi connectivity index (χ3v) is 5.63. The highest BCUT2D eigenvalue weighted by molar-refractivity contribution is 5.92. The minimum absolute atomic E-state index is 0.0597. The average Bonchev–Trinajstić information content (AvgIpc) is 2.89. The lowest BCUT2D eigenvalue weighted by Gasteiger charge is -2.22. The van der Waals surface area contributed by atoms with Gasteiger partial charge < -0.3 is 19.4 Å². The summed E-state index contributed by atoms with van der Waals surface area (Å²) < 4.78 is 10.4. The van der Waals surface area contributed by atoms with E-state index in [2.05, 4.69) is 5.32 Å². The standard InChI is InChI=1S/C29H28N2O4/c1-34-24-15-12-22(13-16-24)14-17-28(32)31(21-23-8-3-2-4-9-23)19-7-18-30-26-20-29(33)35-27-11-6-5-10-25(26)27/h2-6,8-17,20,30H,7,18-19,21H2,1H3/b17-14+. The Balaban J connectivity index is 1.41. The molecule has 6 heteroatoms. The van der Waals surface area contributed by atoms with Gasteiger partial charge in [-0.25, -0.2) is 4.79 Å². The number of carbonyl (C=O) groups is 1. The number of ether oxygens (including phenoxy) is 1. The molecule has 4 rings (SSSR count). The molecule has 0 saturated heterocycles. The smallest absolute Gasteiger partial charge is 0.338 e. The molecule has 1 heterocycles. The van der Waals surface area contributed by atoms with Gasteiger partial charge in [-0.2, -0.15) is 0 Å². The zero-order chi connectivity index (χ0) is 24.5. The molecule has 0 atom stereocenters. The third-order valence-electron chi connectivity index (χ3n) is 5.63. The highest BCUT2D eigenvalue weighted by Gasteiger charge is 2.12. The van der Waals surface area contributed by atoms with Crippen LogP contribution in [0.4, 0.5) is 5.69 Å². The Hall–Kier alpha value is -4.32. The molecular weight excluding hydrogens is 440 g/mol. The molecule has 0 fully saturated rings. The molecular formula is C29H28N2O4. The van der Waals surface area contributed by atoms with E-state index in [0.717, 1.165) is 28.0 Å². The van der Waals surface area contributed by atoms with Gasteiger partial charge in [0.25, 0.3) is 0 Å². The molecule has 0 aliphatic carbocycles. The van der Waals surface area contributed by atoms with Crippen LogP contribution in [0.25, 0.3) is 17.0 Å². The van der Waals surface area contributed by atoms with Gasteiger partial charge in [0.2, 0.25) is 5.91 Å². The SMILES string of the molecule is COc1ccc(/C=C/C(=O)N(CCCNc2cc(=O)oc3ccccc23)Cc2ccccc2)cc1. The monoisotopic (exact) mass is 468 g/mol. The Kier molecular flexibility index (Phi) is 7.96. The van der Waals surface area contributed by atoms with Gasteiger partial charge in [-0.05, 0) is 47.9 Å². The first kappa shape index (κ1) is 23.8. The Morgan fingerprint density at radius 1 is 1.00 bits per heavy atom. The van der Waals surface area contributed by atoms with Crippen LogP contribution in [-0.4, -0.2) is 31.0 Å². The van der Waals surface area contributed by atoms with Gasteiger partial charge in [-0.15, -0.1) is 0 Å². The van der Waals surface area contributed by atoms with Crippen LogP contribution < -0.4 is 15.7 Å². The van der Waals surface area contributed by atoms with Crippen LogP contribution in [0.15, 0.2) is 100 Å². The number of rotatable bonds is 10. The lowest BCUT2D eigenvalue weighted by atomic mass is 10.1. The van der Waals surface area contributed by atoms with Crippen molar-refractivity contribution in [3.05, 3.63) is 113 Å². The molecule has 4 aromatic rings. The summed E-state index contributed by atoms with van der Waals surface area (Å²) in [5.74, 6) is 0.714. The molecule has 0 spiro atoms. The van der Waals surface area contributed by atoms with Crippen LogP contribution >= 0.6 is 0 Å². The highest BCUT2D eigenvalue weighted by atomic mass is 16.5. The van der Waals surface area contributed by atoms with E-state index in [9.17, 15) is 9.59 Å². The molecule has 0 aliphatic rings. The number of hydrogen-bond acceptors (Lipinski definition) is 5. The number of para-hydroxylation sites is 1. The van der Waals surface area contributed by atoms with Crippen LogP contribution in [0.5, 0.6) is 5.75 Å². The summed E-state index contributed by atoms with van der Waals surface area (Å²) in [7, 11) is 1.62. The molecule has 0 saturated carbocycles. The maximum atomic E-state index is 13.1. The van der Waals surface area contributed by atoms with Crippen molar-refractivity contribution in [1.82, 2.24) is 4.90 Å². The number of fused-ring (bicyclic) bond motifs is 1. The van der Waals surface area contributed by atoms with E-state index in [1.54, 1.807) is 19.3 Å². The summed E-state index contributed by atoms with van der Waals surface area (Å²) in [6.07, 6.45) is 4.13. The van der Waals surface area contributed by atoms with Gasteiger partial charge in [0, 0.05) is 37.2 Å². The first-order valence-electron chi connectivity index (χ1n) is 11.5. The average molecular weight is 469 g/mol. The van der Waals surface area contributed by atoms with E-state index in [-0.39, 0.29) is 5.91 Å². The van der Waals surface area contributed by atoms with Crippen molar-refractivity contribution in [2.24, 2.45) is 0 Å². The van der Waals surface area contributed by atoms with E-state index < -0.39 is 5.63 Å². The summed E-state index contributed by atoms with van der Waals surface area (Å²) in [5.41, 5.74) is 2.88. The van der Waals surface area contributed by atoms with E-state index in [1.165, 1.54) is 6.07 Å². The van der Waals surface area contributed by atoms with Crippen LogP contribution in [0, 0.1) is 0 Å². The number of amides is 1. The molecule has 1 N–H and O–H groups in total. The fraction of sp³-hybridized carbons (Fsp3) is 0.172. The van der Waals surface area contributed by atoms with Crippen LogP contribution in [0.2, 0.25) is 0 Å². The van der Waals surface area contributed by atoms with Crippen molar-refractivity contribution in [2.75, 3.05) is 25.5 Å². The fourth-order valence-electron chi connectivity index (χ4n) is 3.81. The molecule has 0 unspecified atom stereocenters. The number of benzene rings is 3. The van der Waals surface area contributed by atoms with Gasteiger partial charge in [0.1, 0.15) is 11.3 Å². The van der Waals surface area contributed by atoms with Crippen molar-refractivity contribution in [3.8, 4) is 5.75 Å². The Labute approximate surface area is 204 Å². The highest BCUT2D eigenvalue weighted by Crippen LogP contribution is 2.21.